The van der Waals surface area contributed by atoms with Crippen molar-refractivity contribution in [2.75, 3.05) is 49.6 Å². The molecule has 10 heteroatoms. The minimum Gasteiger partial charge on any atom is -0.379 e. The zero-order valence-electron chi connectivity index (χ0n) is 17.6. The maximum atomic E-state index is 12.9. The Balaban J connectivity index is 1.55. The van der Waals surface area contributed by atoms with Crippen LogP contribution in [0.1, 0.15) is 33.6 Å². The Morgan fingerprint density at radius 2 is 1.53 bits per heavy atom. The molecule has 32 heavy (non-hydrogen) atoms. The van der Waals surface area contributed by atoms with E-state index in [1.807, 2.05) is 0 Å². The number of nitrogens with zero attached hydrogens (tertiary/aromatic N) is 2. The van der Waals surface area contributed by atoms with E-state index in [0.29, 0.717) is 43.1 Å². The standard InChI is InChI=1S/C22H26N4O5S/c23-21(27)17-5-8-20(25-9-1-2-10-25)19(15-17)24-22(28)16-3-6-18(7-4-16)32(29,30)26-11-13-31-14-12-26/h3-8,15H,1-2,9-14H2,(H2,23,27)(H,24,28). The average molecular weight is 459 g/mol. The van der Waals surface area contributed by atoms with Crippen LogP contribution >= 0.6 is 0 Å². The predicted molar refractivity (Wildman–Crippen MR) is 120 cm³/mol. The van der Waals surface area contributed by atoms with E-state index in [0.717, 1.165) is 31.6 Å². The fourth-order valence-electron chi connectivity index (χ4n) is 3.93. The largest absolute Gasteiger partial charge is 0.379 e. The van der Waals surface area contributed by atoms with Crippen LogP contribution in [0.5, 0.6) is 0 Å². The van der Waals surface area contributed by atoms with Gasteiger partial charge in [-0.1, -0.05) is 0 Å². The number of anilines is 2. The van der Waals surface area contributed by atoms with E-state index in [2.05, 4.69) is 10.2 Å². The van der Waals surface area contributed by atoms with Crippen molar-refractivity contribution in [1.82, 2.24) is 4.31 Å². The lowest BCUT2D eigenvalue weighted by molar-refractivity contribution is 0.0730. The van der Waals surface area contributed by atoms with E-state index < -0.39 is 21.8 Å². The number of carbonyl (C=O) groups is 2. The van der Waals surface area contributed by atoms with Crippen molar-refractivity contribution in [3.63, 3.8) is 0 Å². The van der Waals surface area contributed by atoms with Crippen LogP contribution < -0.4 is 16.0 Å². The molecule has 170 valence electrons. The molecule has 0 unspecified atom stereocenters. The van der Waals surface area contributed by atoms with Gasteiger partial charge in [0.1, 0.15) is 0 Å². The molecule has 9 nitrogen and oxygen atoms in total. The molecule has 2 aliphatic heterocycles. The van der Waals surface area contributed by atoms with Gasteiger partial charge in [-0.05, 0) is 55.3 Å². The molecule has 2 saturated heterocycles. The molecule has 2 aromatic carbocycles. The second-order valence-corrected chi connectivity index (χ2v) is 9.72. The number of benzene rings is 2. The molecule has 2 fully saturated rings. The monoisotopic (exact) mass is 458 g/mol. The van der Waals surface area contributed by atoms with Gasteiger partial charge in [0.2, 0.25) is 15.9 Å². The molecule has 2 aliphatic rings. The summed E-state index contributed by atoms with van der Waals surface area (Å²) in [6, 6.07) is 10.8. The first-order valence-corrected chi connectivity index (χ1v) is 12.0. The van der Waals surface area contributed by atoms with Crippen molar-refractivity contribution in [3.05, 3.63) is 53.6 Å². The average Bonchev–Trinajstić information content (AvgIpc) is 3.34. The molecule has 3 N–H and O–H groups in total. The number of ether oxygens (including phenoxy) is 1. The van der Waals surface area contributed by atoms with Crippen LogP contribution in [0, 0.1) is 0 Å². The normalized spacial score (nSPS) is 17.3. The first-order chi connectivity index (χ1) is 15.4. The molecule has 2 aromatic rings. The Morgan fingerprint density at radius 3 is 2.16 bits per heavy atom. The minimum atomic E-state index is -3.63. The predicted octanol–water partition coefficient (Wildman–Crippen LogP) is 1.66. The highest BCUT2D eigenvalue weighted by Gasteiger charge is 2.26. The second kappa shape index (κ2) is 9.27. The van der Waals surface area contributed by atoms with Crippen molar-refractivity contribution in [2.45, 2.75) is 17.7 Å². The first kappa shape index (κ1) is 22.3. The van der Waals surface area contributed by atoms with Crippen molar-refractivity contribution in [2.24, 2.45) is 5.73 Å². The van der Waals surface area contributed by atoms with Gasteiger partial charge in [-0.2, -0.15) is 4.31 Å². The van der Waals surface area contributed by atoms with Crippen molar-refractivity contribution in [3.8, 4) is 0 Å². The summed E-state index contributed by atoms with van der Waals surface area (Å²) in [5.41, 5.74) is 7.35. The molecule has 2 heterocycles. The molecule has 0 aliphatic carbocycles. The fourth-order valence-corrected chi connectivity index (χ4v) is 5.34. The lowest BCUT2D eigenvalue weighted by Crippen LogP contribution is -2.40. The van der Waals surface area contributed by atoms with Gasteiger partial charge >= 0.3 is 0 Å². The van der Waals surface area contributed by atoms with E-state index in [4.69, 9.17) is 10.5 Å². The number of primary amides is 1. The van der Waals surface area contributed by atoms with Crippen LogP contribution in [0.3, 0.4) is 0 Å². The summed E-state index contributed by atoms with van der Waals surface area (Å²) in [4.78, 5) is 26.8. The number of carbonyl (C=O) groups excluding carboxylic acids is 2. The summed E-state index contributed by atoms with van der Waals surface area (Å²) in [6.07, 6.45) is 2.12. The highest BCUT2D eigenvalue weighted by atomic mass is 32.2. The van der Waals surface area contributed by atoms with E-state index in [1.54, 1.807) is 18.2 Å². The highest BCUT2D eigenvalue weighted by molar-refractivity contribution is 7.89. The quantitative estimate of drug-likeness (QED) is 0.679. The Labute approximate surface area is 187 Å². The molecule has 0 saturated carbocycles. The number of morpholine rings is 1. The van der Waals surface area contributed by atoms with Crippen LogP contribution in [0.15, 0.2) is 47.4 Å². The number of hydrogen-bond donors (Lipinski definition) is 2. The van der Waals surface area contributed by atoms with E-state index in [9.17, 15) is 18.0 Å². The number of rotatable bonds is 6. The van der Waals surface area contributed by atoms with E-state index in [-0.39, 0.29) is 4.90 Å². The lowest BCUT2D eigenvalue weighted by atomic mass is 10.1. The molecule has 2 amide bonds. The van der Waals surface area contributed by atoms with Gasteiger partial charge in [0, 0.05) is 37.3 Å². The summed E-state index contributed by atoms with van der Waals surface area (Å²) in [5, 5.41) is 2.86. The maximum Gasteiger partial charge on any atom is 0.255 e. The molecule has 0 spiro atoms. The van der Waals surface area contributed by atoms with E-state index in [1.165, 1.54) is 28.6 Å². The van der Waals surface area contributed by atoms with Crippen molar-refractivity contribution >= 4 is 33.2 Å². The SMILES string of the molecule is NC(=O)c1ccc(N2CCCC2)c(NC(=O)c2ccc(S(=O)(=O)N3CCOCC3)cc2)c1. The third-order valence-corrected chi connectivity index (χ3v) is 7.61. The molecule has 0 aromatic heterocycles. The summed E-state index contributed by atoms with van der Waals surface area (Å²) in [7, 11) is -3.63. The number of amides is 2. The number of nitrogens with two attached hydrogens (primary N) is 1. The fraction of sp³-hybridized carbons (Fsp3) is 0.364. The molecule has 4 rings (SSSR count). The van der Waals surface area contributed by atoms with Crippen LogP contribution in [0.25, 0.3) is 0 Å². The van der Waals surface area contributed by atoms with Crippen LogP contribution in [0.2, 0.25) is 0 Å². The number of nitrogens with one attached hydrogen (secondary N) is 1. The summed E-state index contributed by atoms with van der Waals surface area (Å²) in [6.45, 7) is 3.08. The third kappa shape index (κ3) is 4.62. The van der Waals surface area contributed by atoms with Gasteiger partial charge in [-0.3, -0.25) is 9.59 Å². The highest BCUT2D eigenvalue weighted by Crippen LogP contribution is 2.30. The van der Waals surface area contributed by atoms with Crippen molar-refractivity contribution < 1.29 is 22.7 Å². The van der Waals surface area contributed by atoms with E-state index >= 15 is 0 Å². The Morgan fingerprint density at radius 1 is 0.906 bits per heavy atom. The topological polar surface area (TPSA) is 122 Å². The van der Waals surface area contributed by atoms with Crippen LogP contribution in [0.4, 0.5) is 11.4 Å². The van der Waals surface area contributed by atoms with Gasteiger partial charge < -0.3 is 20.7 Å². The van der Waals surface area contributed by atoms with Gasteiger partial charge in [-0.15, -0.1) is 0 Å². The molecule has 0 bridgehead atoms. The second-order valence-electron chi connectivity index (χ2n) is 7.79. The Kier molecular flexibility index (Phi) is 6.45. The number of sulfonamides is 1. The lowest BCUT2D eigenvalue weighted by Gasteiger charge is -2.26. The Hall–Kier alpha value is -2.95. The third-order valence-electron chi connectivity index (χ3n) is 5.70. The van der Waals surface area contributed by atoms with Gasteiger partial charge in [-0.25, -0.2) is 8.42 Å². The van der Waals surface area contributed by atoms with Gasteiger partial charge in [0.05, 0.1) is 29.5 Å². The zero-order valence-corrected chi connectivity index (χ0v) is 18.4. The van der Waals surface area contributed by atoms with Crippen LogP contribution in [-0.4, -0.2) is 63.9 Å². The summed E-state index contributed by atoms with van der Waals surface area (Å²) < 4.78 is 32.1. The molecule has 0 atom stereocenters. The zero-order chi connectivity index (χ0) is 22.7. The van der Waals surface area contributed by atoms with Gasteiger partial charge in [0.15, 0.2) is 0 Å². The molecular weight excluding hydrogens is 432 g/mol. The smallest absolute Gasteiger partial charge is 0.255 e. The number of hydrogen-bond acceptors (Lipinski definition) is 6. The maximum absolute atomic E-state index is 12.9. The summed E-state index contributed by atoms with van der Waals surface area (Å²) in [5.74, 6) is -0.978. The minimum absolute atomic E-state index is 0.129. The first-order valence-electron chi connectivity index (χ1n) is 10.5. The summed E-state index contributed by atoms with van der Waals surface area (Å²) >= 11 is 0. The molecule has 0 radical (unpaired) electrons. The van der Waals surface area contributed by atoms with Crippen LogP contribution in [-0.2, 0) is 14.8 Å². The Bertz CT molecular complexity index is 1110. The van der Waals surface area contributed by atoms with Gasteiger partial charge in [0.25, 0.3) is 5.91 Å². The van der Waals surface area contributed by atoms with Crippen molar-refractivity contribution in [1.29, 1.82) is 0 Å². The molecular formula is C22H26N4O5S.